The normalized spacial score (nSPS) is 11.7. The molecule has 174 valence electrons. The van der Waals surface area contributed by atoms with E-state index in [4.69, 9.17) is 4.74 Å². The number of aryl methyl sites for hydroxylation is 1. The molecular weight excluding hydrogens is 436 g/mol. The van der Waals surface area contributed by atoms with Crippen LogP contribution in [0.15, 0.2) is 66.7 Å². The van der Waals surface area contributed by atoms with E-state index < -0.39 is 10.0 Å². The first kappa shape index (κ1) is 24.3. The van der Waals surface area contributed by atoms with Gasteiger partial charge in [-0.2, -0.15) is 0 Å². The van der Waals surface area contributed by atoms with Gasteiger partial charge >= 0.3 is 0 Å². The maximum Gasteiger partial charge on any atom is 0.255 e. The summed E-state index contributed by atoms with van der Waals surface area (Å²) < 4.78 is 31.4. The average molecular weight is 467 g/mol. The van der Waals surface area contributed by atoms with Crippen LogP contribution in [0, 0.1) is 6.92 Å². The van der Waals surface area contributed by atoms with Gasteiger partial charge in [-0.05, 0) is 65.4 Å². The molecule has 0 radical (unpaired) electrons. The second-order valence-electron chi connectivity index (χ2n) is 9.12. The number of rotatable bonds is 7. The van der Waals surface area contributed by atoms with Gasteiger partial charge < -0.3 is 10.1 Å². The average Bonchev–Trinajstić information content (AvgIpc) is 2.73. The second kappa shape index (κ2) is 9.67. The Balaban J connectivity index is 1.61. The van der Waals surface area contributed by atoms with Crippen molar-refractivity contribution in [1.29, 1.82) is 0 Å². The number of amides is 1. The number of carbonyl (C=O) groups is 1. The summed E-state index contributed by atoms with van der Waals surface area (Å²) in [7, 11) is -3.41. The maximum absolute atomic E-state index is 12.6. The molecule has 3 aromatic carbocycles. The van der Waals surface area contributed by atoms with E-state index >= 15 is 0 Å². The summed E-state index contributed by atoms with van der Waals surface area (Å²) in [6.07, 6.45) is 1.09. The monoisotopic (exact) mass is 466 g/mol. The first-order chi connectivity index (χ1) is 15.4. The SMILES string of the molecule is Cc1ccc(NC(=O)c2ccc(COc3ccc(C(C)(C)C)cc3)cc2)cc1NS(C)(=O)=O. The van der Waals surface area contributed by atoms with Crippen molar-refractivity contribution in [1.82, 2.24) is 0 Å². The Morgan fingerprint density at radius 2 is 1.58 bits per heavy atom. The van der Waals surface area contributed by atoms with Crippen LogP contribution in [0.3, 0.4) is 0 Å². The first-order valence-electron chi connectivity index (χ1n) is 10.6. The molecule has 33 heavy (non-hydrogen) atoms. The lowest BCUT2D eigenvalue weighted by atomic mass is 9.87. The van der Waals surface area contributed by atoms with E-state index in [2.05, 4.69) is 42.9 Å². The van der Waals surface area contributed by atoms with E-state index in [9.17, 15) is 13.2 Å². The quantitative estimate of drug-likeness (QED) is 0.482. The molecule has 0 aliphatic rings. The van der Waals surface area contributed by atoms with Crippen LogP contribution in [-0.2, 0) is 22.0 Å². The van der Waals surface area contributed by atoms with Crippen molar-refractivity contribution in [2.45, 2.75) is 39.7 Å². The number of anilines is 2. The third-order valence-electron chi connectivity index (χ3n) is 5.13. The van der Waals surface area contributed by atoms with E-state index in [-0.39, 0.29) is 11.3 Å². The van der Waals surface area contributed by atoms with Crippen molar-refractivity contribution < 1.29 is 17.9 Å². The molecule has 0 saturated heterocycles. The molecule has 7 heteroatoms. The van der Waals surface area contributed by atoms with Gasteiger partial charge in [0.05, 0.1) is 11.9 Å². The largest absolute Gasteiger partial charge is 0.489 e. The number of hydrogen-bond acceptors (Lipinski definition) is 4. The smallest absolute Gasteiger partial charge is 0.255 e. The number of hydrogen-bond donors (Lipinski definition) is 2. The third-order valence-corrected chi connectivity index (χ3v) is 5.72. The van der Waals surface area contributed by atoms with Gasteiger partial charge in [0.15, 0.2) is 0 Å². The highest BCUT2D eigenvalue weighted by atomic mass is 32.2. The summed E-state index contributed by atoms with van der Waals surface area (Å²) in [4.78, 5) is 12.6. The Labute approximate surface area is 196 Å². The van der Waals surface area contributed by atoms with Gasteiger partial charge in [0, 0.05) is 11.3 Å². The van der Waals surface area contributed by atoms with Crippen LogP contribution < -0.4 is 14.8 Å². The van der Waals surface area contributed by atoms with Crippen LogP contribution in [0.4, 0.5) is 11.4 Å². The first-order valence-corrected chi connectivity index (χ1v) is 12.5. The zero-order valence-corrected chi connectivity index (χ0v) is 20.4. The minimum absolute atomic E-state index is 0.0965. The predicted molar refractivity (Wildman–Crippen MR) is 134 cm³/mol. The van der Waals surface area contributed by atoms with Crippen LogP contribution in [0.5, 0.6) is 5.75 Å². The number of sulfonamides is 1. The molecule has 2 N–H and O–H groups in total. The van der Waals surface area contributed by atoms with Crippen molar-refractivity contribution in [2.75, 3.05) is 16.3 Å². The van der Waals surface area contributed by atoms with Gasteiger partial charge in [-0.15, -0.1) is 0 Å². The molecular formula is C26H30N2O4S. The lowest BCUT2D eigenvalue weighted by Crippen LogP contribution is -2.14. The van der Waals surface area contributed by atoms with Gasteiger partial charge in [0.1, 0.15) is 12.4 Å². The minimum atomic E-state index is -3.41. The molecule has 0 heterocycles. The highest BCUT2D eigenvalue weighted by molar-refractivity contribution is 7.92. The van der Waals surface area contributed by atoms with Crippen LogP contribution in [0.25, 0.3) is 0 Å². The van der Waals surface area contributed by atoms with Gasteiger partial charge in [-0.3, -0.25) is 9.52 Å². The lowest BCUT2D eigenvalue weighted by Gasteiger charge is -2.19. The minimum Gasteiger partial charge on any atom is -0.489 e. The second-order valence-corrected chi connectivity index (χ2v) is 10.9. The molecule has 6 nitrogen and oxygen atoms in total. The van der Waals surface area contributed by atoms with Crippen LogP contribution in [-0.4, -0.2) is 20.6 Å². The molecule has 3 aromatic rings. The highest BCUT2D eigenvalue weighted by Gasteiger charge is 2.13. The van der Waals surface area contributed by atoms with E-state index in [1.165, 1.54) is 5.56 Å². The summed E-state index contributed by atoms with van der Waals surface area (Å²) in [5.74, 6) is 0.511. The number of benzene rings is 3. The molecule has 0 unspecified atom stereocenters. The predicted octanol–water partition coefficient (Wildman–Crippen LogP) is 5.50. The van der Waals surface area contributed by atoms with Gasteiger partial charge in [0.2, 0.25) is 10.0 Å². The Kier molecular flexibility index (Phi) is 7.12. The third kappa shape index (κ3) is 7.08. The fourth-order valence-corrected chi connectivity index (χ4v) is 3.80. The fraction of sp³-hybridized carbons (Fsp3) is 0.269. The summed E-state index contributed by atoms with van der Waals surface area (Å²) in [5, 5.41) is 2.80. The zero-order chi connectivity index (χ0) is 24.2. The topological polar surface area (TPSA) is 84.5 Å². The molecule has 0 atom stereocenters. The number of ether oxygens (including phenoxy) is 1. The summed E-state index contributed by atoms with van der Waals surface area (Å²) >= 11 is 0. The lowest BCUT2D eigenvalue weighted by molar-refractivity contribution is 0.102. The standard InChI is InChI=1S/C26H30N2O4S/c1-18-6-13-22(16-24(18)28-33(5,30)31)27-25(29)20-9-7-19(8-10-20)17-32-23-14-11-21(12-15-23)26(2,3)4/h6-16,28H,17H2,1-5H3,(H,27,29). The molecule has 0 aliphatic carbocycles. The molecule has 3 rings (SSSR count). The van der Waals surface area contributed by atoms with Crippen molar-refractivity contribution in [3.8, 4) is 5.75 Å². The molecule has 0 aromatic heterocycles. The van der Waals surface area contributed by atoms with Crippen LogP contribution >= 0.6 is 0 Å². The van der Waals surface area contributed by atoms with Crippen LogP contribution in [0.1, 0.15) is 47.8 Å². The van der Waals surface area contributed by atoms with E-state index in [0.29, 0.717) is 23.5 Å². The fourth-order valence-electron chi connectivity index (χ4n) is 3.18. The Morgan fingerprint density at radius 1 is 0.939 bits per heavy atom. The van der Waals surface area contributed by atoms with Gasteiger partial charge in [-0.1, -0.05) is 51.1 Å². The number of carbonyl (C=O) groups excluding carboxylic acids is 1. The highest BCUT2D eigenvalue weighted by Crippen LogP contribution is 2.25. The Bertz CT molecular complexity index is 1230. The van der Waals surface area contributed by atoms with Crippen LogP contribution in [0.2, 0.25) is 0 Å². The van der Waals surface area contributed by atoms with Gasteiger partial charge in [-0.25, -0.2) is 8.42 Å². The summed E-state index contributed by atoms with van der Waals surface area (Å²) in [5.41, 5.74) is 4.47. The maximum atomic E-state index is 12.6. The van der Waals surface area contributed by atoms with E-state index in [1.54, 1.807) is 37.3 Å². The Hall–Kier alpha value is -3.32. The molecule has 0 saturated carbocycles. The number of nitrogens with one attached hydrogen (secondary N) is 2. The summed E-state index contributed by atoms with van der Waals surface area (Å²) in [6.45, 7) is 8.70. The van der Waals surface area contributed by atoms with E-state index in [0.717, 1.165) is 23.1 Å². The van der Waals surface area contributed by atoms with Crippen molar-refractivity contribution in [2.24, 2.45) is 0 Å². The molecule has 0 bridgehead atoms. The summed E-state index contributed by atoms with van der Waals surface area (Å²) in [6, 6.07) is 20.3. The van der Waals surface area contributed by atoms with E-state index in [1.807, 2.05) is 24.3 Å². The van der Waals surface area contributed by atoms with Crippen molar-refractivity contribution in [3.63, 3.8) is 0 Å². The van der Waals surface area contributed by atoms with Crippen molar-refractivity contribution in [3.05, 3.63) is 89.0 Å². The molecule has 0 aliphatic heterocycles. The molecule has 1 amide bonds. The molecule has 0 fully saturated rings. The van der Waals surface area contributed by atoms with Gasteiger partial charge in [0.25, 0.3) is 5.91 Å². The van der Waals surface area contributed by atoms with Crippen molar-refractivity contribution >= 4 is 27.3 Å². The Morgan fingerprint density at radius 3 is 2.15 bits per heavy atom. The molecule has 0 spiro atoms. The zero-order valence-electron chi connectivity index (χ0n) is 19.6.